The Hall–Kier alpha value is -2.89. The van der Waals surface area contributed by atoms with Crippen molar-refractivity contribution in [2.75, 3.05) is 13.2 Å². The van der Waals surface area contributed by atoms with E-state index in [-0.39, 0.29) is 30.8 Å². The van der Waals surface area contributed by atoms with Crippen molar-refractivity contribution in [3.8, 4) is 5.75 Å². The highest BCUT2D eigenvalue weighted by Gasteiger charge is 2.26. The molecule has 2 aromatic rings. The van der Waals surface area contributed by atoms with Gasteiger partial charge in [0, 0.05) is 13.1 Å². The molecule has 1 N–H and O–H groups in total. The van der Waals surface area contributed by atoms with Crippen LogP contribution in [0.1, 0.15) is 36.1 Å². The van der Waals surface area contributed by atoms with Crippen LogP contribution in [0, 0.1) is 26.6 Å². The van der Waals surface area contributed by atoms with Crippen LogP contribution >= 0.6 is 0 Å². The van der Waals surface area contributed by atoms with Gasteiger partial charge in [0.2, 0.25) is 5.91 Å². The number of amides is 2. The summed E-state index contributed by atoms with van der Waals surface area (Å²) in [5.41, 5.74) is 3.85. The molecule has 0 heterocycles. The van der Waals surface area contributed by atoms with Crippen LogP contribution < -0.4 is 10.1 Å². The summed E-state index contributed by atoms with van der Waals surface area (Å²) < 4.78 is 19.0. The molecule has 0 fully saturated rings. The number of aryl methyl sites for hydroxylation is 2. The number of hydrogen-bond donors (Lipinski definition) is 1. The number of carbonyl (C=O) groups is 2. The van der Waals surface area contributed by atoms with E-state index < -0.39 is 6.04 Å². The molecule has 0 aliphatic carbocycles. The lowest BCUT2D eigenvalue weighted by Gasteiger charge is -2.28. The Morgan fingerprint density at radius 3 is 2.41 bits per heavy atom. The quantitative estimate of drug-likeness (QED) is 0.735. The average molecular weight is 400 g/mol. The first-order valence-electron chi connectivity index (χ1n) is 9.75. The van der Waals surface area contributed by atoms with E-state index in [9.17, 15) is 14.0 Å². The van der Waals surface area contributed by atoms with Crippen molar-refractivity contribution in [1.82, 2.24) is 10.2 Å². The number of rotatable bonds is 8. The lowest BCUT2D eigenvalue weighted by atomic mass is 10.1. The molecule has 6 heteroatoms. The Bertz CT molecular complexity index is 865. The number of nitrogens with zero attached hydrogens (tertiary/aromatic N) is 1. The molecule has 156 valence electrons. The molecule has 0 spiro atoms. The molecule has 0 aromatic heterocycles. The predicted octanol–water partition coefficient (Wildman–Crippen LogP) is 3.68. The summed E-state index contributed by atoms with van der Waals surface area (Å²) in [6.07, 6.45) is 0. The Kier molecular flexibility index (Phi) is 7.76. The third-order valence-electron chi connectivity index (χ3n) is 4.90. The smallest absolute Gasteiger partial charge is 0.261 e. The summed E-state index contributed by atoms with van der Waals surface area (Å²) in [6.45, 7) is 9.88. The molecule has 0 saturated heterocycles. The van der Waals surface area contributed by atoms with Crippen molar-refractivity contribution in [1.29, 1.82) is 0 Å². The van der Waals surface area contributed by atoms with E-state index in [4.69, 9.17) is 4.74 Å². The Morgan fingerprint density at radius 2 is 1.79 bits per heavy atom. The second kappa shape index (κ2) is 10.0. The van der Waals surface area contributed by atoms with Crippen LogP contribution in [0.15, 0.2) is 36.4 Å². The zero-order valence-corrected chi connectivity index (χ0v) is 17.7. The van der Waals surface area contributed by atoms with E-state index in [1.54, 1.807) is 19.1 Å². The zero-order valence-electron chi connectivity index (χ0n) is 17.7. The Balaban J connectivity index is 2.19. The maximum Gasteiger partial charge on any atom is 0.261 e. The van der Waals surface area contributed by atoms with E-state index in [1.165, 1.54) is 17.0 Å². The van der Waals surface area contributed by atoms with Crippen LogP contribution in [0.5, 0.6) is 5.75 Å². The molecule has 1 atom stereocenters. The molecule has 0 aliphatic rings. The number of carbonyl (C=O) groups excluding carboxylic acids is 2. The third kappa shape index (κ3) is 6.04. The van der Waals surface area contributed by atoms with Crippen molar-refractivity contribution in [2.45, 2.75) is 47.2 Å². The number of halogens is 1. The van der Waals surface area contributed by atoms with Gasteiger partial charge in [-0.2, -0.15) is 0 Å². The first-order valence-corrected chi connectivity index (χ1v) is 9.75. The molecule has 0 aliphatic heterocycles. The molecular weight excluding hydrogens is 371 g/mol. The minimum atomic E-state index is -0.684. The van der Waals surface area contributed by atoms with Crippen molar-refractivity contribution < 1.29 is 18.7 Å². The zero-order chi connectivity index (χ0) is 21.6. The SMILES string of the molecule is CCNC(=O)[C@@H](C)N(Cc1ccc(F)cc1)C(=O)COc1cc(C)cc(C)c1C. The highest BCUT2D eigenvalue weighted by Crippen LogP contribution is 2.23. The summed E-state index contributed by atoms with van der Waals surface area (Å²) in [5.74, 6) is -0.252. The van der Waals surface area contributed by atoms with Crippen molar-refractivity contribution >= 4 is 11.8 Å². The molecule has 0 saturated carbocycles. The number of ether oxygens (including phenoxy) is 1. The Morgan fingerprint density at radius 1 is 1.14 bits per heavy atom. The van der Waals surface area contributed by atoms with Crippen molar-refractivity contribution in [3.63, 3.8) is 0 Å². The number of hydrogen-bond acceptors (Lipinski definition) is 3. The largest absolute Gasteiger partial charge is 0.483 e. The molecule has 0 unspecified atom stereocenters. The summed E-state index contributed by atoms with van der Waals surface area (Å²) in [4.78, 5) is 26.8. The molecule has 0 radical (unpaired) electrons. The molecule has 29 heavy (non-hydrogen) atoms. The monoisotopic (exact) mass is 400 g/mol. The van der Waals surface area contributed by atoms with E-state index in [1.807, 2.05) is 33.8 Å². The minimum Gasteiger partial charge on any atom is -0.483 e. The van der Waals surface area contributed by atoms with Gasteiger partial charge >= 0.3 is 0 Å². The fraction of sp³-hybridized carbons (Fsp3) is 0.391. The van der Waals surface area contributed by atoms with Gasteiger partial charge in [0.1, 0.15) is 17.6 Å². The standard InChI is InChI=1S/C23H29FN2O3/c1-6-25-23(28)18(5)26(13-19-7-9-20(24)10-8-19)22(27)14-29-21-12-15(2)11-16(3)17(21)4/h7-12,18H,6,13-14H2,1-5H3,(H,25,28)/t18-/m1/s1. The van der Waals surface area contributed by atoms with Gasteiger partial charge in [-0.3, -0.25) is 9.59 Å². The second-order valence-electron chi connectivity index (χ2n) is 7.21. The van der Waals surface area contributed by atoms with Gasteiger partial charge in [0.25, 0.3) is 5.91 Å². The van der Waals surface area contributed by atoms with Crippen LogP contribution in [0.4, 0.5) is 4.39 Å². The molecule has 2 aromatic carbocycles. The van der Waals surface area contributed by atoms with Gasteiger partial charge in [-0.25, -0.2) is 4.39 Å². The first kappa shape index (κ1) is 22.4. The molecular formula is C23H29FN2O3. The average Bonchev–Trinajstić information content (AvgIpc) is 2.68. The van der Waals surface area contributed by atoms with Crippen LogP contribution in [0.2, 0.25) is 0 Å². The van der Waals surface area contributed by atoms with E-state index in [0.717, 1.165) is 22.3 Å². The van der Waals surface area contributed by atoms with Gasteiger partial charge in [-0.05, 0) is 75.1 Å². The lowest BCUT2D eigenvalue weighted by molar-refractivity contribution is -0.142. The highest BCUT2D eigenvalue weighted by atomic mass is 19.1. The van der Waals surface area contributed by atoms with Gasteiger partial charge in [0.15, 0.2) is 6.61 Å². The topological polar surface area (TPSA) is 58.6 Å². The highest BCUT2D eigenvalue weighted by molar-refractivity contribution is 5.87. The number of nitrogens with one attached hydrogen (secondary N) is 1. The van der Waals surface area contributed by atoms with Gasteiger partial charge in [-0.15, -0.1) is 0 Å². The van der Waals surface area contributed by atoms with Crippen LogP contribution in [-0.2, 0) is 16.1 Å². The maximum atomic E-state index is 13.2. The predicted molar refractivity (Wildman–Crippen MR) is 111 cm³/mol. The van der Waals surface area contributed by atoms with Gasteiger partial charge < -0.3 is 15.0 Å². The summed E-state index contributed by atoms with van der Waals surface area (Å²) >= 11 is 0. The summed E-state index contributed by atoms with van der Waals surface area (Å²) in [6, 6.07) is 9.16. The maximum absolute atomic E-state index is 13.2. The summed E-state index contributed by atoms with van der Waals surface area (Å²) in [5, 5.41) is 2.74. The van der Waals surface area contributed by atoms with E-state index >= 15 is 0 Å². The van der Waals surface area contributed by atoms with Crippen molar-refractivity contribution in [2.24, 2.45) is 0 Å². The minimum absolute atomic E-state index is 0.186. The molecule has 2 rings (SSSR count). The molecule has 2 amide bonds. The molecule has 5 nitrogen and oxygen atoms in total. The second-order valence-corrected chi connectivity index (χ2v) is 7.21. The summed E-state index contributed by atoms with van der Waals surface area (Å²) in [7, 11) is 0. The van der Waals surface area contributed by atoms with E-state index in [0.29, 0.717) is 12.3 Å². The fourth-order valence-electron chi connectivity index (χ4n) is 3.06. The molecule has 0 bridgehead atoms. The van der Waals surface area contributed by atoms with Crippen molar-refractivity contribution in [3.05, 3.63) is 64.5 Å². The normalized spacial score (nSPS) is 11.7. The van der Waals surface area contributed by atoms with Gasteiger partial charge in [-0.1, -0.05) is 18.2 Å². The first-order chi connectivity index (χ1) is 13.7. The van der Waals surface area contributed by atoms with Crippen LogP contribution in [-0.4, -0.2) is 35.9 Å². The lowest BCUT2D eigenvalue weighted by Crippen LogP contribution is -2.49. The van der Waals surface area contributed by atoms with E-state index in [2.05, 4.69) is 11.4 Å². The van der Waals surface area contributed by atoms with Crippen LogP contribution in [0.25, 0.3) is 0 Å². The third-order valence-corrected chi connectivity index (χ3v) is 4.90. The Labute approximate surface area is 171 Å². The number of likely N-dealkylation sites (N-methyl/N-ethyl adjacent to an activating group) is 1. The van der Waals surface area contributed by atoms with Crippen LogP contribution in [0.3, 0.4) is 0 Å². The fourth-order valence-corrected chi connectivity index (χ4v) is 3.06. The number of benzene rings is 2. The van der Waals surface area contributed by atoms with Gasteiger partial charge in [0.05, 0.1) is 0 Å².